The number of rotatable bonds is 7. The Morgan fingerprint density at radius 1 is 0.500 bits per heavy atom. The molecule has 1 atom stereocenters. The van der Waals surface area contributed by atoms with Crippen molar-refractivity contribution < 1.29 is 0 Å². The Morgan fingerprint density at radius 3 is 1.77 bits per heavy atom. The SMILES string of the molecule is c1ccc(C2=NC(c3ccccc3)N(Cn3c4cc(-c5ccccc5)ccc4c4c5c(ccc43)C(c3ccccc3)(c3ccccc3)c3ccccc3-5)N2)cc1. The van der Waals surface area contributed by atoms with Crippen LogP contribution in [0.2, 0.25) is 0 Å². The maximum absolute atomic E-state index is 5.31. The number of fused-ring (bicyclic) bond motifs is 7. The standard InChI is InChI=1S/C52H38N4/c1-6-18-36(19-7-1)39-30-31-43-47(34-39)55(35-56-51(38-22-10-3-11-23-38)53-50(54-56)37-20-8-2-9-21-37)46-33-32-45-48(49(43)46)42-28-16-17-29-44(42)52(45,40-24-12-4-13-25-40)41-26-14-5-15-27-41/h1-34,51H,35H2,(H,53,54). The second-order valence-corrected chi connectivity index (χ2v) is 14.8. The highest BCUT2D eigenvalue weighted by molar-refractivity contribution is 6.18. The number of aliphatic imine (C=N–C) groups is 1. The van der Waals surface area contributed by atoms with Crippen LogP contribution in [0.1, 0.15) is 39.5 Å². The first-order chi connectivity index (χ1) is 27.8. The van der Waals surface area contributed by atoms with Crippen LogP contribution in [-0.2, 0) is 12.1 Å². The zero-order valence-corrected chi connectivity index (χ0v) is 30.8. The second kappa shape index (κ2) is 13.1. The molecule has 2 aliphatic rings. The van der Waals surface area contributed by atoms with Crippen molar-refractivity contribution in [2.24, 2.45) is 4.99 Å². The minimum absolute atomic E-state index is 0.213. The molecular weight excluding hydrogens is 681 g/mol. The van der Waals surface area contributed by atoms with Crippen LogP contribution < -0.4 is 5.43 Å². The molecule has 0 saturated heterocycles. The van der Waals surface area contributed by atoms with Gasteiger partial charge in [-0.1, -0.05) is 194 Å². The zero-order chi connectivity index (χ0) is 37.1. The van der Waals surface area contributed by atoms with Crippen LogP contribution >= 0.6 is 0 Å². The van der Waals surface area contributed by atoms with Gasteiger partial charge in [-0.15, -0.1) is 0 Å². The normalized spacial score (nSPS) is 15.7. The predicted octanol–water partition coefficient (Wildman–Crippen LogP) is 11.7. The Hall–Kier alpha value is -7.01. The van der Waals surface area contributed by atoms with Crippen LogP contribution in [0.4, 0.5) is 0 Å². The molecule has 4 heteroatoms. The molecule has 1 aromatic heterocycles. The van der Waals surface area contributed by atoms with E-state index in [0.717, 1.165) is 17.0 Å². The molecule has 56 heavy (non-hydrogen) atoms. The quantitative estimate of drug-likeness (QED) is 0.178. The summed E-state index contributed by atoms with van der Waals surface area (Å²) in [7, 11) is 0. The number of hydrazine groups is 1. The van der Waals surface area contributed by atoms with Gasteiger partial charge in [-0.25, -0.2) is 4.99 Å². The number of aromatic nitrogens is 1. The van der Waals surface area contributed by atoms with Gasteiger partial charge in [0.1, 0.15) is 12.0 Å². The lowest BCUT2D eigenvalue weighted by atomic mass is 9.67. The van der Waals surface area contributed by atoms with Crippen LogP contribution in [0.15, 0.2) is 211 Å². The van der Waals surface area contributed by atoms with E-state index in [-0.39, 0.29) is 6.17 Å². The third-order valence-electron chi connectivity index (χ3n) is 11.8. The van der Waals surface area contributed by atoms with Gasteiger partial charge in [0.05, 0.1) is 23.1 Å². The number of amidine groups is 1. The van der Waals surface area contributed by atoms with Crippen LogP contribution in [0.25, 0.3) is 44.1 Å². The maximum Gasteiger partial charge on any atom is 0.149 e. The van der Waals surface area contributed by atoms with Gasteiger partial charge >= 0.3 is 0 Å². The molecule has 0 radical (unpaired) electrons. The molecule has 2 heterocycles. The fourth-order valence-corrected chi connectivity index (χ4v) is 9.38. The Balaban J connectivity index is 1.18. The first-order valence-electron chi connectivity index (χ1n) is 19.4. The molecule has 1 N–H and O–H groups in total. The summed E-state index contributed by atoms with van der Waals surface area (Å²) in [5, 5.41) is 4.80. The summed E-state index contributed by atoms with van der Waals surface area (Å²) >= 11 is 0. The summed E-state index contributed by atoms with van der Waals surface area (Å²) in [6, 6.07) is 74.8. The summed E-state index contributed by atoms with van der Waals surface area (Å²) < 4.78 is 2.50. The molecular formula is C52H38N4. The van der Waals surface area contributed by atoms with Gasteiger partial charge in [-0.05, 0) is 62.2 Å². The van der Waals surface area contributed by atoms with Crippen molar-refractivity contribution in [1.29, 1.82) is 0 Å². The molecule has 9 aromatic rings. The molecule has 1 aliphatic heterocycles. The van der Waals surface area contributed by atoms with E-state index in [9.17, 15) is 0 Å². The van der Waals surface area contributed by atoms with Gasteiger partial charge in [0, 0.05) is 16.3 Å². The third kappa shape index (κ3) is 4.93. The minimum atomic E-state index is -0.478. The molecule has 0 amide bonds. The van der Waals surface area contributed by atoms with Gasteiger partial charge in [0.2, 0.25) is 0 Å². The van der Waals surface area contributed by atoms with Gasteiger partial charge in [0.25, 0.3) is 0 Å². The summed E-state index contributed by atoms with van der Waals surface area (Å²) in [5.74, 6) is 0.871. The Kier molecular flexibility index (Phi) is 7.58. The Bertz CT molecular complexity index is 2860. The molecule has 4 nitrogen and oxygen atoms in total. The third-order valence-corrected chi connectivity index (χ3v) is 11.8. The van der Waals surface area contributed by atoms with E-state index in [1.807, 2.05) is 0 Å². The molecule has 0 spiro atoms. The van der Waals surface area contributed by atoms with Crippen molar-refractivity contribution in [3.63, 3.8) is 0 Å². The van der Waals surface area contributed by atoms with E-state index < -0.39 is 5.41 Å². The lowest BCUT2D eigenvalue weighted by molar-refractivity contribution is 0.148. The van der Waals surface area contributed by atoms with Crippen molar-refractivity contribution in [2.45, 2.75) is 18.2 Å². The van der Waals surface area contributed by atoms with E-state index in [0.29, 0.717) is 6.67 Å². The molecule has 0 bridgehead atoms. The van der Waals surface area contributed by atoms with Gasteiger partial charge in [-0.3, -0.25) is 5.43 Å². The van der Waals surface area contributed by atoms with Crippen molar-refractivity contribution in [3.8, 4) is 22.3 Å². The maximum atomic E-state index is 5.31. The summed E-state index contributed by atoms with van der Waals surface area (Å²) in [5.41, 5.74) is 18.0. The summed E-state index contributed by atoms with van der Waals surface area (Å²) in [6.45, 7) is 0.570. The van der Waals surface area contributed by atoms with Gasteiger partial charge in [-0.2, -0.15) is 5.01 Å². The largest absolute Gasteiger partial charge is 0.325 e. The molecule has 8 aromatic carbocycles. The van der Waals surface area contributed by atoms with Crippen LogP contribution in [0, 0.1) is 0 Å². The lowest BCUT2D eigenvalue weighted by Crippen LogP contribution is -2.39. The fraction of sp³-hybridized carbons (Fsp3) is 0.0577. The van der Waals surface area contributed by atoms with E-state index in [2.05, 4.69) is 221 Å². The Morgan fingerprint density at radius 2 is 1.09 bits per heavy atom. The van der Waals surface area contributed by atoms with Gasteiger partial charge in [0.15, 0.2) is 0 Å². The van der Waals surface area contributed by atoms with E-state index in [1.165, 1.54) is 66.3 Å². The van der Waals surface area contributed by atoms with Crippen LogP contribution in [-0.4, -0.2) is 15.4 Å². The number of hydrogen-bond acceptors (Lipinski definition) is 3. The highest BCUT2D eigenvalue weighted by atomic mass is 15.6. The van der Waals surface area contributed by atoms with Crippen LogP contribution in [0.5, 0.6) is 0 Å². The highest BCUT2D eigenvalue weighted by Gasteiger charge is 2.47. The van der Waals surface area contributed by atoms with Crippen molar-refractivity contribution in [3.05, 3.63) is 240 Å². The summed E-state index contributed by atoms with van der Waals surface area (Å²) in [6.07, 6.45) is -0.213. The molecule has 0 fully saturated rings. The molecule has 266 valence electrons. The van der Waals surface area contributed by atoms with Crippen molar-refractivity contribution in [1.82, 2.24) is 15.0 Å². The lowest BCUT2D eigenvalue weighted by Gasteiger charge is -2.33. The number of hydrogen-bond donors (Lipinski definition) is 1. The predicted molar refractivity (Wildman–Crippen MR) is 229 cm³/mol. The smallest absolute Gasteiger partial charge is 0.149 e. The fourth-order valence-electron chi connectivity index (χ4n) is 9.38. The first kappa shape index (κ1) is 32.4. The Labute approximate surface area is 326 Å². The molecule has 0 saturated carbocycles. The average molecular weight is 719 g/mol. The second-order valence-electron chi connectivity index (χ2n) is 14.8. The van der Waals surface area contributed by atoms with Gasteiger partial charge < -0.3 is 4.57 Å². The van der Waals surface area contributed by atoms with Crippen molar-refractivity contribution in [2.75, 3.05) is 0 Å². The topological polar surface area (TPSA) is 32.6 Å². The number of benzene rings is 8. The number of nitrogens with one attached hydrogen (secondary N) is 1. The van der Waals surface area contributed by atoms with E-state index in [4.69, 9.17) is 4.99 Å². The van der Waals surface area contributed by atoms with Crippen LogP contribution in [0.3, 0.4) is 0 Å². The average Bonchev–Trinajstić information content (AvgIpc) is 3.94. The van der Waals surface area contributed by atoms with E-state index >= 15 is 0 Å². The first-order valence-corrected chi connectivity index (χ1v) is 19.4. The monoisotopic (exact) mass is 718 g/mol. The van der Waals surface area contributed by atoms with Crippen molar-refractivity contribution >= 4 is 27.6 Å². The molecule has 1 unspecified atom stereocenters. The minimum Gasteiger partial charge on any atom is -0.325 e. The highest BCUT2D eigenvalue weighted by Crippen LogP contribution is 2.58. The zero-order valence-electron chi connectivity index (χ0n) is 30.8. The molecule has 11 rings (SSSR count). The molecule has 1 aliphatic carbocycles. The van der Waals surface area contributed by atoms with E-state index in [1.54, 1.807) is 0 Å². The number of nitrogens with zero attached hydrogens (tertiary/aromatic N) is 3. The summed E-state index contributed by atoms with van der Waals surface area (Å²) in [4.78, 5) is 5.31.